The number of carbonyl (C=O) groups excluding carboxylic acids is 2. The Morgan fingerprint density at radius 3 is 2.57 bits per heavy atom. The number of hydrogen-bond donors (Lipinski definition) is 0. The molecule has 2 aromatic carbocycles. The number of hydrogen-bond acceptors (Lipinski definition) is 5. The summed E-state index contributed by atoms with van der Waals surface area (Å²) in [5, 5.41) is 0. The molecule has 8 heteroatoms. The van der Waals surface area contributed by atoms with E-state index < -0.39 is 12.6 Å². The van der Waals surface area contributed by atoms with Gasteiger partial charge in [0.25, 0.3) is 5.91 Å². The van der Waals surface area contributed by atoms with Crippen molar-refractivity contribution >= 4 is 17.6 Å². The highest BCUT2D eigenvalue weighted by Gasteiger charge is 2.27. The van der Waals surface area contributed by atoms with Gasteiger partial charge < -0.3 is 19.1 Å². The number of benzene rings is 2. The number of esters is 1. The van der Waals surface area contributed by atoms with Crippen molar-refractivity contribution in [3.8, 4) is 11.5 Å². The molecule has 2 aromatic rings. The van der Waals surface area contributed by atoms with Crippen LogP contribution in [-0.4, -0.2) is 39.3 Å². The Labute approximate surface area is 160 Å². The van der Waals surface area contributed by atoms with Crippen molar-refractivity contribution in [3.05, 3.63) is 53.1 Å². The highest BCUT2D eigenvalue weighted by Crippen LogP contribution is 2.34. The van der Waals surface area contributed by atoms with Crippen LogP contribution >= 0.6 is 0 Å². The lowest BCUT2D eigenvalue weighted by Crippen LogP contribution is -2.36. The minimum absolute atomic E-state index is 0.0340. The molecule has 0 aromatic heterocycles. The lowest BCUT2D eigenvalue weighted by atomic mass is 9.95. The molecule has 1 aliphatic rings. The molecule has 148 valence electrons. The first-order valence-electron chi connectivity index (χ1n) is 8.61. The van der Waals surface area contributed by atoms with Crippen molar-refractivity contribution in [1.29, 1.82) is 0 Å². The Hall–Kier alpha value is -3.16. The van der Waals surface area contributed by atoms with E-state index in [-0.39, 0.29) is 23.0 Å². The number of nitrogens with zero attached hydrogens (tertiary/aromatic N) is 1. The third-order valence-electron chi connectivity index (χ3n) is 4.53. The molecule has 0 N–H and O–H groups in total. The lowest BCUT2D eigenvalue weighted by Gasteiger charge is -2.30. The molecule has 0 aliphatic carbocycles. The van der Waals surface area contributed by atoms with Gasteiger partial charge in [0, 0.05) is 17.8 Å². The van der Waals surface area contributed by atoms with Gasteiger partial charge in [-0.3, -0.25) is 4.79 Å². The Kier molecular flexibility index (Phi) is 5.77. The van der Waals surface area contributed by atoms with E-state index in [1.165, 1.54) is 32.4 Å². The van der Waals surface area contributed by atoms with Gasteiger partial charge in [0.15, 0.2) is 11.5 Å². The molecule has 0 bridgehead atoms. The number of anilines is 1. The van der Waals surface area contributed by atoms with Crippen molar-refractivity contribution in [2.75, 3.05) is 25.7 Å². The molecule has 1 aliphatic heterocycles. The standard InChI is InChI=1S/C20H19F2NO5/c1-26-17-11-12(8-9-16(17)28-20(21)22)18(24)23-10-4-6-13-14(19(25)27-2)5-3-7-15(13)23/h3,5,7-9,11,20H,4,6,10H2,1-2H3. The van der Waals surface area contributed by atoms with Crippen molar-refractivity contribution < 1.29 is 32.6 Å². The number of carbonyl (C=O) groups is 2. The van der Waals surface area contributed by atoms with Crippen molar-refractivity contribution in [2.24, 2.45) is 0 Å². The second-order valence-electron chi connectivity index (χ2n) is 6.10. The summed E-state index contributed by atoms with van der Waals surface area (Å²) in [6.07, 6.45) is 1.32. The molecular formula is C20H19F2NO5. The predicted molar refractivity (Wildman–Crippen MR) is 97.4 cm³/mol. The van der Waals surface area contributed by atoms with Gasteiger partial charge in [-0.25, -0.2) is 4.79 Å². The molecule has 0 radical (unpaired) electrons. The largest absolute Gasteiger partial charge is 0.493 e. The molecule has 0 saturated heterocycles. The van der Waals surface area contributed by atoms with E-state index >= 15 is 0 Å². The minimum Gasteiger partial charge on any atom is -0.493 e. The summed E-state index contributed by atoms with van der Waals surface area (Å²) >= 11 is 0. The number of amides is 1. The van der Waals surface area contributed by atoms with Gasteiger partial charge in [0.05, 0.1) is 19.8 Å². The van der Waals surface area contributed by atoms with E-state index in [1.807, 2.05) is 0 Å². The average molecular weight is 391 g/mol. The third-order valence-corrected chi connectivity index (χ3v) is 4.53. The zero-order valence-electron chi connectivity index (χ0n) is 15.4. The van der Waals surface area contributed by atoms with Crippen molar-refractivity contribution in [1.82, 2.24) is 0 Å². The smallest absolute Gasteiger partial charge is 0.387 e. The topological polar surface area (TPSA) is 65.1 Å². The number of alkyl halides is 2. The van der Waals surface area contributed by atoms with Crippen LogP contribution in [0.4, 0.5) is 14.5 Å². The molecule has 28 heavy (non-hydrogen) atoms. The van der Waals surface area contributed by atoms with Gasteiger partial charge in [-0.2, -0.15) is 8.78 Å². The third kappa shape index (κ3) is 3.76. The first-order valence-corrected chi connectivity index (χ1v) is 8.61. The van der Waals surface area contributed by atoms with E-state index in [9.17, 15) is 18.4 Å². The van der Waals surface area contributed by atoms with Crippen LogP contribution < -0.4 is 14.4 Å². The van der Waals surface area contributed by atoms with E-state index in [0.29, 0.717) is 30.6 Å². The van der Waals surface area contributed by atoms with Crippen LogP contribution in [0, 0.1) is 0 Å². The molecule has 1 amide bonds. The van der Waals surface area contributed by atoms with E-state index in [4.69, 9.17) is 9.47 Å². The maximum atomic E-state index is 13.1. The second-order valence-corrected chi connectivity index (χ2v) is 6.10. The van der Waals surface area contributed by atoms with Gasteiger partial charge in [-0.05, 0) is 48.7 Å². The fourth-order valence-electron chi connectivity index (χ4n) is 3.29. The molecule has 1 heterocycles. The Bertz CT molecular complexity index is 900. The summed E-state index contributed by atoms with van der Waals surface area (Å²) in [5.74, 6) is -0.904. The summed E-state index contributed by atoms with van der Waals surface area (Å²) in [7, 11) is 2.61. The van der Waals surface area contributed by atoms with Gasteiger partial charge in [0.1, 0.15) is 0 Å². The minimum atomic E-state index is -3.00. The van der Waals surface area contributed by atoms with Crippen LogP contribution in [0.5, 0.6) is 11.5 Å². The van der Waals surface area contributed by atoms with Gasteiger partial charge >= 0.3 is 12.6 Å². The number of halogens is 2. The van der Waals surface area contributed by atoms with Crippen LogP contribution in [0.15, 0.2) is 36.4 Å². The summed E-state index contributed by atoms with van der Waals surface area (Å²) in [6, 6.07) is 9.16. The van der Waals surface area contributed by atoms with Gasteiger partial charge in [-0.15, -0.1) is 0 Å². The zero-order chi connectivity index (χ0) is 20.3. The Balaban J connectivity index is 1.96. The molecule has 3 rings (SSSR count). The zero-order valence-corrected chi connectivity index (χ0v) is 15.4. The molecule has 0 atom stereocenters. The summed E-state index contributed by atoms with van der Waals surface area (Å²) in [6.45, 7) is -2.53. The number of ether oxygens (including phenoxy) is 3. The average Bonchev–Trinajstić information content (AvgIpc) is 2.71. The van der Waals surface area contributed by atoms with Crippen LogP contribution in [0.25, 0.3) is 0 Å². The van der Waals surface area contributed by atoms with Crippen LogP contribution in [0.1, 0.15) is 32.7 Å². The number of fused-ring (bicyclic) bond motifs is 1. The van der Waals surface area contributed by atoms with Crippen LogP contribution in [-0.2, 0) is 11.2 Å². The fourth-order valence-corrected chi connectivity index (χ4v) is 3.29. The normalized spacial score (nSPS) is 13.1. The molecule has 6 nitrogen and oxygen atoms in total. The van der Waals surface area contributed by atoms with Crippen molar-refractivity contribution in [3.63, 3.8) is 0 Å². The number of rotatable bonds is 5. The molecule has 0 unspecified atom stereocenters. The Morgan fingerprint density at radius 1 is 1.11 bits per heavy atom. The van der Waals surface area contributed by atoms with E-state index in [0.717, 1.165) is 5.56 Å². The van der Waals surface area contributed by atoms with Crippen LogP contribution in [0.3, 0.4) is 0 Å². The maximum Gasteiger partial charge on any atom is 0.387 e. The Morgan fingerprint density at radius 2 is 1.89 bits per heavy atom. The highest BCUT2D eigenvalue weighted by molar-refractivity contribution is 6.08. The van der Waals surface area contributed by atoms with Crippen LogP contribution in [0.2, 0.25) is 0 Å². The molecular weight excluding hydrogens is 372 g/mol. The van der Waals surface area contributed by atoms with Gasteiger partial charge in [0.2, 0.25) is 0 Å². The predicted octanol–water partition coefficient (Wildman–Crippen LogP) is 3.68. The fraction of sp³-hybridized carbons (Fsp3) is 0.300. The lowest BCUT2D eigenvalue weighted by molar-refractivity contribution is -0.0512. The van der Waals surface area contributed by atoms with Crippen molar-refractivity contribution in [2.45, 2.75) is 19.5 Å². The second kappa shape index (κ2) is 8.24. The summed E-state index contributed by atoms with van der Waals surface area (Å²) < 4.78 is 39.3. The molecule has 0 saturated carbocycles. The summed E-state index contributed by atoms with van der Waals surface area (Å²) in [5.41, 5.74) is 2.06. The van der Waals surface area contributed by atoms with E-state index in [2.05, 4.69) is 4.74 Å². The first kappa shape index (κ1) is 19.6. The summed E-state index contributed by atoms with van der Waals surface area (Å²) in [4.78, 5) is 26.7. The molecule has 0 spiro atoms. The highest BCUT2D eigenvalue weighted by atomic mass is 19.3. The van der Waals surface area contributed by atoms with Gasteiger partial charge in [-0.1, -0.05) is 6.07 Å². The maximum absolute atomic E-state index is 13.1. The number of methoxy groups -OCH3 is 2. The SMILES string of the molecule is COC(=O)c1cccc2c1CCCN2C(=O)c1ccc(OC(F)F)c(OC)c1. The monoisotopic (exact) mass is 391 g/mol. The molecule has 0 fully saturated rings. The quantitative estimate of drug-likeness (QED) is 0.728. The first-order chi connectivity index (χ1) is 13.5. The van der Waals surface area contributed by atoms with E-state index in [1.54, 1.807) is 23.1 Å².